The molecule has 1 amide bonds. The van der Waals surface area contributed by atoms with Crippen LogP contribution in [0, 0.1) is 0 Å². The standard InChI is InChI=1S/C20H22N2O3/c1-24-15-6-2-13(3-7-15)11-21-12-16-8-4-14-5-9-18-17(20(14)25-16)10-19(23)22-18/h2-3,5-7,9,16,21H,4,8,10-12H2,1H3,(H,22,23). The summed E-state index contributed by atoms with van der Waals surface area (Å²) in [7, 11) is 1.67. The third kappa shape index (κ3) is 3.33. The molecule has 4 rings (SSSR count). The second kappa shape index (κ2) is 6.76. The summed E-state index contributed by atoms with van der Waals surface area (Å²) in [5, 5.41) is 6.36. The molecule has 0 radical (unpaired) electrons. The second-order valence-corrected chi connectivity index (χ2v) is 6.56. The SMILES string of the molecule is COc1ccc(CNCC2CCc3ccc4c(c3O2)CC(=O)N4)cc1. The smallest absolute Gasteiger partial charge is 0.229 e. The van der Waals surface area contributed by atoms with E-state index < -0.39 is 0 Å². The fraction of sp³-hybridized carbons (Fsp3) is 0.350. The van der Waals surface area contributed by atoms with Crippen LogP contribution in [0.5, 0.6) is 11.5 Å². The van der Waals surface area contributed by atoms with E-state index in [0.29, 0.717) is 6.42 Å². The number of nitrogens with one attached hydrogen (secondary N) is 2. The first-order valence-electron chi connectivity index (χ1n) is 8.68. The van der Waals surface area contributed by atoms with Crippen molar-refractivity contribution in [3.63, 3.8) is 0 Å². The van der Waals surface area contributed by atoms with E-state index in [4.69, 9.17) is 9.47 Å². The molecule has 2 N–H and O–H groups in total. The summed E-state index contributed by atoms with van der Waals surface area (Å²) in [5.74, 6) is 1.83. The molecule has 2 aliphatic heterocycles. The molecule has 5 heteroatoms. The predicted molar refractivity (Wildman–Crippen MR) is 96.2 cm³/mol. The van der Waals surface area contributed by atoms with Gasteiger partial charge >= 0.3 is 0 Å². The zero-order valence-corrected chi connectivity index (χ0v) is 14.3. The van der Waals surface area contributed by atoms with Crippen LogP contribution in [0.1, 0.15) is 23.1 Å². The van der Waals surface area contributed by atoms with Crippen LogP contribution in [0.25, 0.3) is 0 Å². The fourth-order valence-corrected chi connectivity index (χ4v) is 3.47. The lowest BCUT2D eigenvalue weighted by Gasteiger charge is -2.28. The van der Waals surface area contributed by atoms with Gasteiger partial charge in [0.2, 0.25) is 5.91 Å². The average Bonchev–Trinajstić information content (AvgIpc) is 3.03. The van der Waals surface area contributed by atoms with E-state index in [2.05, 4.69) is 28.8 Å². The van der Waals surface area contributed by atoms with Crippen molar-refractivity contribution in [1.82, 2.24) is 5.32 Å². The van der Waals surface area contributed by atoms with Gasteiger partial charge in [-0.05, 0) is 42.2 Å². The molecule has 130 valence electrons. The Morgan fingerprint density at radius 2 is 2.08 bits per heavy atom. The highest BCUT2D eigenvalue weighted by atomic mass is 16.5. The van der Waals surface area contributed by atoms with Crippen LogP contribution >= 0.6 is 0 Å². The normalized spacial score (nSPS) is 18.1. The van der Waals surface area contributed by atoms with E-state index in [1.807, 2.05) is 18.2 Å². The highest BCUT2D eigenvalue weighted by Gasteiger charge is 2.28. The van der Waals surface area contributed by atoms with Gasteiger partial charge in [-0.3, -0.25) is 4.79 Å². The van der Waals surface area contributed by atoms with Crippen molar-refractivity contribution in [3.05, 3.63) is 53.1 Å². The van der Waals surface area contributed by atoms with Crippen LogP contribution in [-0.4, -0.2) is 25.7 Å². The van der Waals surface area contributed by atoms with Crippen LogP contribution in [0.4, 0.5) is 5.69 Å². The Kier molecular flexibility index (Phi) is 4.32. The maximum absolute atomic E-state index is 11.7. The Bertz CT molecular complexity index is 786. The van der Waals surface area contributed by atoms with Crippen LogP contribution in [0.15, 0.2) is 36.4 Å². The van der Waals surface area contributed by atoms with Gasteiger partial charge in [-0.2, -0.15) is 0 Å². The van der Waals surface area contributed by atoms with Crippen LogP contribution in [0.3, 0.4) is 0 Å². The van der Waals surface area contributed by atoms with E-state index in [9.17, 15) is 4.79 Å². The monoisotopic (exact) mass is 338 g/mol. The lowest BCUT2D eigenvalue weighted by molar-refractivity contribution is -0.115. The lowest BCUT2D eigenvalue weighted by atomic mass is 9.97. The van der Waals surface area contributed by atoms with E-state index in [0.717, 1.165) is 48.7 Å². The number of benzene rings is 2. The molecule has 5 nitrogen and oxygen atoms in total. The number of anilines is 1. The molecule has 0 spiro atoms. The van der Waals surface area contributed by atoms with Gasteiger partial charge < -0.3 is 20.1 Å². The molecule has 1 atom stereocenters. The zero-order chi connectivity index (χ0) is 17.2. The molecule has 0 aromatic heterocycles. The number of amides is 1. The predicted octanol–water partition coefficient (Wildman–Crippen LogP) is 2.67. The third-order valence-corrected chi connectivity index (χ3v) is 4.83. The van der Waals surface area contributed by atoms with Gasteiger partial charge in [-0.25, -0.2) is 0 Å². The highest BCUT2D eigenvalue weighted by Crippen LogP contribution is 2.38. The van der Waals surface area contributed by atoms with Crippen molar-refractivity contribution in [2.45, 2.75) is 31.9 Å². The van der Waals surface area contributed by atoms with Crippen LogP contribution in [0.2, 0.25) is 0 Å². The minimum Gasteiger partial charge on any atom is -0.497 e. The summed E-state index contributed by atoms with van der Waals surface area (Å²) < 4.78 is 11.4. The topological polar surface area (TPSA) is 59.6 Å². The molecule has 2 aromatic carbocycles. The number of ether oxygens (including phenoxy) is 2. The molecule has 2 aliphatic rings. The molecule has 0 fully saturated rings. The molecule has 0 bridgehead atoms. The third-order valence-electron chi connectivity index (χ3n) is 4.83. The summed E-state index contributed by atoms with van der Waals surface area (Å²) in [6.07, 6.45) is 2.53. The van der Waals surface area contributed by atoms with Crippen LogP contribution < -0.4 is 20.1 Å². The molecule has 2 heterocycles. The van der Waals surface area contributed by atoms with Crippen molar-refractivity contribution in [2.75, 3.05) is 19.0 Å². The summed E-state index contributed by atoms with van der Waals surface area (Å²) in [6, 6.07) is 12.1. The largest absolute Gasteiger partial charge is 0.497 e. The quantitative estimate of drug-likeness (QED) is 0.880. The van der Waals surface area contributed by atoms with Gasteiger partial charge in [0, 0.05) is 24.3 Å². The number of carbonyl (C=O) groups excluding carboxylic acids is 1. The Hall–Kier alpha value is -2.53. The highest BCUT2D eigenvalue weighted by molar-refractivity contribution is 6.00. The van der Waals surface area contributed by atoms with Crippen LogP contribution in [-0.2, 0) is 24.2 Å². The molecular weight excluding hydrogens is 316 g/mol. The Morgan fingerprint density at radius 1 is 1.24 bits per heavy atom. The van der Waals surface area contributed by atoms with Crippen molar-refractivity contribution in [3.8, 4) is 11.5 Å². The Labute approximate surface area is 147 Å². The van der Waals surface area contributed by atoms with Crippen molar-refractivity contribution < 1.29 is 14.3 Å². The number of rotatable bonds is 5. The fourth-order valence-electron chi connectivity index (χ4n) is 3.47. The second-order valence-electron chi connectivity index (χ2n) is 6.56. The first kappa shape index (κ1) is 16.0. The first-order chi connectivity index (χ1) is 12.2. The van der Waals surface area contributed by atoms with Gasteiger partial charge in [0.25, 0.3) is 0 Å². The maximum Gasteiger partial charge on any atom is 0.229 e. The zero-order valence-electron chi connectivity index (χ0n) is 14.3. The van der Waals surface area contributed by atoms with E-state index in [1.54, 1.807) is 7.11 Å². The number of fused-ring (bicyclic) bond motifs is 3. The van der Waals surface area contributed by atoms with Crippen molar-refractivity contribution >= 4 is 11.6 Å². The summed E-state index contributed by atoms with van der Waals surface area (Å²) in [4.78, 5) is 11.7. The van der Waals surface area contributed by atoms with Gasteiger partial charge in [-0.15, -0.1) is 0 Å². The van der Waals surface area contributed by atoms with Crippen molar-refractivity contribution in [2.24, 2.45) is 0 Å². The lowest BCUT2D eigenvalue weighted by Crippen LogP contribution is -2.34. The molecule has 1 unspecified atom stereocenters. The molecule has 25 heavy (non-hydrogen) atoms. The molecule has 2 aromatic rings. The minimum atomic E-state index is 0.0479. The minimum absolute atomic E-state index is 0.0479. The molecule has 0 aliphatic carbocycles. The summed E-state index contributed by atoms with van der Waals surface area (Å²) in [6.45, 7) is 1.58. The average molecular weight is 338 g/mol. The summed E-state index contributed by atoms with van der Waals surface area (Å²) in [5.41, 5.74) is 4.34. The van der Waals surface area contributed by atoms with Gasteiger partial charge in [-0.1, -0.05) is 18.2 Å². The maximum atomic E-state index is 11.7. The molecular formula is C20H22N2O3. The number of hydrogen-bond donors (Lipinski definition) is 2. The van der Waals surface area contributed by atoms with Gasteiger partial charge in [0.15, 0.2) is 0 Å². The molecule has 0 saturated carbocycles. The number of carbonyl (C=O) groups is 1. The number of aryl methyl sites for hydroxylation is 1. The van der Waals surface area contributed by atoms with Gasteiger partial charge in [0.1, 0.15) is 17.6 Å². The van der Waals surface area contributed by atoms with E-state index in [1.165, 1.54) is 11.1 Å². The Balaban J connectivity index is 1.36. The Morgan fingerprint density at radius 3 is 2.88 bits per heavy atom. The van der Waals surface area contributed by atoms with E-state index >= 15 is 0 Å². The van der Waals surface area contributed by atoms with Crippen molar-refractivity contribution in [1.29, 1.82) is 0 Å². The number of methoxy groups -OCH3 is 1. The van der Waals surface area contributed by atoms with Gasteiger partial charge in [0.05, 0.1) is 13.5 Å². The summed E-state index contributed by atoms with van der Waals surface area (Å²) >= 11 is 0. The molecule has 0 saturated heterocycles. The first-order valence-corrected chi connectivity index (χ1v) is 8.68. The van der Waals surface area contributed by atoms with E-state index in [-0.39, 0.29) is 12.0 Å². The number of hydrogen-bond acceptors (Lipinski definition) is 4.